The van der Waals surface area contributed by atoms with Gasteiger partial charge in [0.25, 0.3) is 0 Å². The van der Waals surface area contributed by atoms with Crippen molar-refractivity contribution in [3.05, 3.63) is 71.8 Å². The molecule has 0 spiro atoms. The predicted molar refractivity (Wildman–Crippen MR) is 83.8 cm³/mol. The van der Waals surface area contributed by atoms with Crippen LogP contribution in [0.4, 0.5) is 0 Å². The lowest BCUT2D eigenvalue weighted by Gasteiger charge is -2.27. The van der Waals surface area contributed by atoms with Crippen molar-refractivity contribution in [3.63, 3.8) is 0 Å². The minimum Gasteiger partial charge on any atom is -0.410 e. The molecule has 0 aliphatic heterocycles. The first-order chi connectivity index (χ1) is 9.04. The van der Waals surface area contributed by atoms with Crippen LogP contribution in [0.1, 0.15) is 17.2 Å². The minimum atomic E-state index is -1.56. The van der Waals surface area contributed by atoms with Crippen molar-refractivity contribution >= 4 is 8.32 Å². The summed E-state index contributed by atoms with van der Waals surface area (Å²) in [5.74, 6) is 0. The summed E-state index contributed by atoms with van der Waals surface area (Å²) in [4.78, 5) is 0. The Labute approximate surface area is 117 Å². The molecule has 0 saturated carbocycles. The van der Waals surface area contributed by atoms with E-state index in [1.165, 1.54) is 11.1 Å². The third-order valence-corrected chi connectivity index (χ3v) is 3.92. The van der Waals surface area contributed by atoms with E-state index in [0.717, 1.165) is 6.42 Å². The van der Waals surface area contributed by atoms with E-state index in [4.69, 9.17) is 4.43 Å². The van der Waals surface area contributed by atoms with Crippen LogP contribution in [0.3, 0.4) is 0 Å². The molecule has 0 N–H and O–H groups in total. The van der Waals surface area contributed by atoms with Gasteiger partial charge in [0.2, 0.25) is 0 Å². The summed E-state index contributed by atoms with van der Waals surface area (Å²) in [6.45, 7) is 6.73. The molecule has 2 aromatic rings. The van der Waals surface area contributed by atoms with Gasteiger partial charge in [-0.1, -0.05) is 60.7 Å². The summed E-state index contributed by atoms with van der Waals surface area (Å²) in [7, 11) is -1.56. The van der Waals surface area contributed by atoms with E-state index in [-0.39, 0.29) is 6.10 Å². The highest BCUT2D eigenvalue weighted by Crippen LogP contribution is 2.26. The molecule has 2 heteroatoms. The second-order valence-electron chi connectivity index (χ2n) is 5.82. The van der Waals surface area contributed by atoms with Gasteiger partial charge in [0.05, 0.1) is 6.10 Å². The highest BCUT2D eigenvalue weighted by Gasteiger charge is 2.22. The number of hydrogen-bond acceptors (Lipinski definition) is 1. The maximum absolute atomic E-state index is 6.37. The average molecular weight is 270 g/mol. The molecule has 19 heavy (non-hydrogen) atoms. The Morgan fingerprint density at radius 1 is 0.842 bits per heavy atom. The van der Waals surface area contributed by atoms with Gasteiger partial charge < -0.3 is 4.43 Å². The molecule has 0 saturated heterocycles. The molecule has 1 atom stereocenters. The van der Waals surface area contributed by atoms with Gasteiger partial charge in [-0.15, -0.1) is 0 Å². The molecule has 0 fully saturated rings. The monoisotopic (exact) mass is 270 g/mol. The summed E-state index contributed by atoms with van der Waals surface area (Å²) < 4.78 is 6.37. The molecule has 2 rings (SSSR count). The number of hydrogen-bond donors (Lipinski definition) is 0. The minimum absolute atomic E-state index is 0.162. The molecule has 2 aromatic carbocycles. The Morgan fingerprint density at radius 3 is 1.89 bits per heavy atom. The van der Waals surface area contributed by atoms with E-state index in [1.807, 2.05) is 0 Å². The Hall–Kier alpha value is -1.38. The van der Waals surface area contributed by atoms with Crippen molar-refractivity contribution in [2.45, 2.75) is 32.2 Å². The fourth-order valence-electron chi connectivity index (χ4n) is 2.15. The first kappa shape index (κ1) is 14.0. The second-order valence-corrected chi connectivity index (χ2v) is 10.3. The Morgan fingerprint density at radius 2 is 1.37 bits per heavy atom. The zero-order chi connectivity index (χ0) is 13.7. The zero-order valence-corrected chi connectivity index (χ0v) is 13.0. The van der Waals surface area contributed by atoms with Crippen LogP contribution in [0.25, 0.3) is 0 Å². The van der Waals surface area contributed by atoms with Crippen molar-refractivity contribution in [2.24, 2.45) is 0 Å². The molecule has 1 nitrogen and oxygen atoms in total. The summed E-state index contributed by atoms with van der Waals surface area (Å²) in [6.07, 6.45) is 1.10. The van der Waals surface area contributed by atoms with Gasteiger partial charge >= 0.3 is 0 Å². The fourth-order valence-corrected chi connectivity index (χ4v) is 3.22. The van der Waals surface area contributed by atoms with Crippen LogP contribution >= 0.6 is 0 Å². The summed E-state index contributed by atoms with van der Waals surface area (Å²) >= 11 is 0. The van der Waals surface area contributed by atoms with E-state index in [1.54, 1.807) is 0 Å². The zero-order valence-electron chi connectivity index (χ0n) is 12.0. The molecular weight excluding hydrogens is 248 g/mol. The van der Waals surface area contributed by atoms with Crippen molar-refractivity contribution in [1.29, 1.82) is 0 Å². The Balaban J connectivity index is 2.20. The number of benzene rings is 2. The van der Waals surface area contributed by atoms with Crippen LogP contribution < -0.4 is 0 Å². The highest BCUT2D eigenvalue weighted by molar-refractivity contribution is 6.69. The van der Waals surface area contributed by atoms with Crippen LogP contribution in [0, 0.1) is 0 Å². The Bertz CT molecular complexity index is 488. The van der Waals surface area contributed by atoms with Crippen molar-refractivity contribution in [3.8, 4) is 0 Å². The maximum atomic E-state index is 6.37. The van der Waals surface area contributed by atoms with Crippen molar-refractivity contribution in [2.75, 3.05) is 0 Å². The lowest BCUT2D eigenvalue weighted by atomic mass is 10.0. The van der Waals surface area contributed by atoms with Gasteiger partial charge in [-0.25, -0.2) is 0 Å². The fraction of sp³-hybridized carbons (Fsp3) is 0.294. The largest absolute Gasteiger partial charge is 0.410 e. The Kier molecular flexibility index (Phi) is 4.56. The molecule has 0 aliphatic carbocycles. The van der Waals surface area contributed by atoms with Gasteiger partial charge in [-0.3, -0.25) is 0 Å². The smallest absolute Gasteiger partial charge is 0.184 e. The molecule has 0 bridgehead atoms. The third-order valence-electron chi connectivity index (χ3n) is 2.93. The lowest BCUT2D eigenvalue weighted by Crippen LogP contribution is -2.28. The molecule has 0 amide bonds. The van der Waals surface area contributed by atoms with Crippen LogP contribution in [-0.2, 0) is 10.8 Å². The topological polar surface area (TPSA) is 9.23 Å². The van der Waals surface area contributed by atoms with E-state index >= 15 is 0 Å². The molecule has 0 unspecified atom stereocenters. The molecule has 0 aliphatic rings. The second kappa shape index (κ2) is 6.18. The summed E-state index contributed by atoms with van der Waals surface area (Å²) in [5.41, 5.74) is 2.60. The predicted octanol–water partition coefficient (Wildman–Crippen LogP) is 4.82. The quantitative estimate of drug-likeness (QED) is 0.708. The van der Waals surface area contributed by atoms with Gasteiger partial charge in [-0.05, 0) is 30.8 Å². The summed E-state index contributed by atoms with van der Waals surface area (Å²) in [5, 5.41) is 0. The van der Waals surface area contributed by atoms with E-state index in [2.05, 4.69) is 80.3 Å². The standard InChI is InChI=1S/C17H22OSi/c1-19(2,3)18-17(16-12-8-5-9-13-16)14-15-10-6-4-7-11-15/h4-13,17H,14H2,1-3H3/t17-/m1/s1. The van der Waals surface area contributed by atoms with E-state index in [0.29, 0.717) is 0 Å². The van der Waals surface area contributed by atoms with Crippen molar-refractivity contribution < 1.29 is 4.43 Å². The maximum Gasteiger partial charge on any atom is 0.184 e. The van der Waals surface area contributed by atoms with Crippen LogP contribution in [-0.4, -0.2) is 8.32 Å². The van der Waals surface area contributed by atoms with Gasteiger partial charge in [0.1, 0.15) is 0 Å². The van der Waals surface area contributed by atoms with Gasteiger partial charge in [0.15, 0.2) is 8.32 Å². The molecular formula is C17H22OSi. The molecule has 100 valence electrons. The van der Waals surface area contributed by atoms with Crippen LogP contribution in [0.2, 0.25) is 19.6 Å². The van der Waals surface area contributed by atoms with Gasteiger partial charge in [-0.2, -0.15) is 0 Å². The molecule has 0 heterocycles. The summed E-state index contributed by atoms with van der Waals surface area (Å²) in [6, 6.07) is 21.1. The molecule has 0 radical (unpaired) electrons. The van der Waals surface area contributed by atoms with E-state index < -0.39 is 8.32 Å². The molecule has 0 aromatic heterocycles. The lowest BCUT2D eigenvalue weighted by molar-refractivity contribution is 0.198. The first-order valence-electron chi connectivity index (χ1n) is 6.81. The normalized spacial score (nSPS) is 13.2. The van der Waals surface area contributed by atoms with Crippen molar-refractivity contribution in [1.82, 2.24) is 0 Å². The van der Waals surface area contributed by atoms with E-state index in [9.17, 15) is 0 Å². The first-order valence-corrected chi connectivity index (χ1v) is 10.2. The van der Waals surface area contributed by atoms with Crippen LogP contribution in [0.15, 0.2) is 60.7 Å². The van der Waals surface area contributed by atoms with Gasteiger partial charge in [0, 0.05) is 6.42 Å². The SMILES string of the molecule is C[Si](C)(C)O[C@H](Cc1ccccc1)c1ccccc1. The van der Waals surface area contributed by atoms with Crippen LogP contribution in [0.5, 0.6) is 0 Å². The highest BCUT2D eigenvalue weighted by atomic mass is 28.4. The third kappa shape index (κ3) is 4.65. The average Bonchev–Trinajstić information content (AvgIpc) is 2.39. The number of rotatable bonds is 5.